The lowest BCUT2D eigenvalue weighted by molar-refractivity contribution is 0.601. The summed E-state index contributed by atoms with van der Waals surface area (Å²) >= 11 is 11.1. The molecular formula is C12H15ClN2O2S2. The summed E-state index contributed by atoms with van der Waals surface area (Å²) in [6.45, 7) is 0. The quantitative estimate of drug-likeness (QED) is 0.858. The molecular weight excluding hydrogens is 304 g/mol. The van der Waals surface area contributed by atoms with Gasteiger partial charge in [-0.1, -0.05) is 23.8 Å². The van der Waals surface area contributed by atoms with E-state index < -0.39 is 9.84 Å². The number of rotatable bonds is 3. The molecule has 1 aromatic rings. The average molecular weight is 319 g/mol. The van der Waals surface area contributed by atoms with E-state index >= 15 is 0 Å². The molecule has 1 heterocycles. The van der Waals surface area contributed by atoms with Crippen molar-refractivity contribution in [2.75, 3.05) is 23.5 Å². The van der Waals surface area contributed by atoms with Crippen LogP contribution in [0.2, 0.25) is 5.02 Å². The number of hydrogen-bond donors (Lipinski definition) is 1. The van der Waals surface area contributed by atoms with Gasteiger partial charge in [0.25, 0.3) is 0 Å². The molecule has 0 spiro atoms. The summed E-state index contributed by atoms with van der Waals surface area (Å²) in [6.07, 6.45) is 0.631. The van der Waals surface area contributed by atoms with Gasteiger partial charge in [-0.15, -0.1) is 0 Å². The van der Waals surface area contributed by atoms with E-state index in [4.69, 9.17) is 29.6 Å². The van der Waals surface area contributed by atoms with Crippen LogP contribution in [0.1, 0.15) is 12.0 Å². The molecule has 1 aliphatic rings. The Bertz CT molecular complexity index is 616. The van der Waals surface area contributed by atoms with Crippen LogP contribution in [0.25, 0.3) is 0 Å². The summed E-state index contributed by atoms with van der Waals surface area (Å²) in [6, 6.07) is 5.29. The third-order valence-corrected chi connectivity index (χ3v) is 5.66. The van der Waals surface area contributed by atoms with E-state index in [1.165, 1.54) is 0 Å². The van der Waals surface area contributed by atoms with Crippen molar-refractivity contribution in [3.05, 3.63) is 28.8 Å². The van der Waals surface area contributed by atoms with Gasteiger partial charge < -0.3 is 10.6 Å². The molecule has 1 aliphatic heterocycles. The first kappa shape index (κ1) is 14.6. The second-order valence-electron chi connectivity index (χ2n) is 4.70. The summed E-state index contributed by atoms with van der Waals surface area (Å²) in [5.74, 6) is 0.418. The Morgan fingerprint density at radius 3 is 2.68 bits per heavy atom. The number of nitrogens with two attached hydrogens (primary N) is 1. The smallest absolute Gasteiger partial charge is 0.152 e. The Hall–Kier alpha value is -0.850. The van der Waals surface area contributed by atoms with Crippen molar-refractivity contribution in [1.82, 2.24) is 0 Å². The Kier molecular flexibility index (Phi) is 4.03. The molecule has 104 valence electrons. The molecule has 19 heavy (non-hydrogen) atoms. The van der Waals surface area contributed by atoms with Crippen molar-refractivity contribution in [3.63, 3.8) is 0 Å². The highest BCUT2D eigenvalue weighted by atomic mass is 35.5. The van der Waals surface area contributed by atoms with Gasteiger partial charge in [-0.3, -0.25) is 0 Å². The van der Waals surface area contributed by atoms with Gasteiger partial charge in [0.15, 0.2) is 9.84 Å². The Balaban J connectivity index is 2.25. The van der Waals surface area contributed by atoms with Crippen LogP contribution in [0.15, 0.2) is 18.2 Å². The van der Waals surface area contributed by atoms with Crippen molar-refractivity contribution in [2.45, 2.75) is 12.5 Å². The van der Waals surface area contributed by atoms with Crippen molar-refractivity contribution >= 4 is 44.3 Å². The first-order chi connectivity index (χ1) is 8.80. The highest BCUT2D eigenvalue weighted by Gasteiger charge is 2.31. The molecule has 1 unspecified atom stereocenters. The van der Waals surface area contributed by atoms with Crippen molar-refractivity contribution in [3.8, 4) is 0 Å². The second-order valence-corrected chi connectivity index (χ2v) is 7.77. The van der Waals surface area contributed by atoms with E-state index in [1.54, 1.807) is 12.1 Å². The van der Waals surface area contributed by atoms with Gasteiger partial charge in [0.05, 0.1) is 22.2 Å². The zero-order chi connectivity index (χ0) is 14.2. The summed E-state index contributed by atoms with van der Waals surface area (Å²) in [7, 11) is -1.05. The number of nitrogens with zero attached hydrogens (tertiary/aromatic N) is 1. The molecule has 1 atom stereocenters. The number of hydrogen-bond acceptors (Lipinski definition) is 4. The number of anilines is 1. The molecule has 7 heteroatoms. The third-order valence-electron chi connectivity index (χ3n) is 3.37. The van der Waals surface area contributed by atoms with Crippen molar-refractivity contribution < 1.29 is 8.42 Å². The van der Waals surface area contributed by atoms with E-state index in [9.17, 15) is 8.42 Å². The lowest BCUT2D eigenvalue weighted by atomic mass is 10.1. The van der Waals surface area contributed by atoms with E-state index in [-0.39, 0.29) is 17.5 Å². The van der Waals surface area contributed by atoms with Gasteiger partial charge in [-0.25, -0.2) is 8.42 Å². The Morgan fingerprint density at radius 2 is 2.21 bits per heavy atom. The number of halogens is 1. The van der Waals surface area contributed by atoms with E-state index in [0.29, 0.717) is 22.0 Å². The lowest BCUT2D eigenvalue weighted by Crippen LogP contribution is -2.32. The fraction of sp³-hybridized carbons (Fsp3) is 0.417. The summed E-state index contributed by atoms with van der Waals surface area (Å²) in [5, 5.41) is 0.525. The monoisotopic (exact) mass is 318 g/mol. The highest BCUT2D eigenvalue weighted by Crippen LogP contribution is 2.30. The van der Waals surface area contributed by atoms with Gasteiger partial charge in [0.1, 0.15) is 4.99 Å². The second kappa shape index (κ2) is 5.26. The minimum atomic E-state index is -2.91. The van der Waals surface area contributed by atoms with Gasteiger partial charge >= 0.3 is 0 Å². The third kappa shape index (κ3) is 3.19. The number of sulfone groups is 1. The molecule has 0 bridgehead atoms. The number of thiocarbonyl (C=S) groups is 1. The fourth-order valence-electron chi connectivity index (χ4n) is 2.22. The van der Waals surface area contributed by atoms with Crippen LogP contribution in [0.4, 0.5) is 5.69 Å². The average Bonchev–Trinajstić information content (AvgIpc) is 2.68. The molecule has 0 aliphatic carbocycles. The molecule has 0 radical (unpaired) electrons. The normalized spacial score (nSPS) is 21.3. The maximum atomic E-state index is 11.5. The first-order valence-electron chi connectivity index (χ1n) is 5.83. The largest absolute Gasteiger partial charge is 0.389 e. The first-order valence-corrected chi connectivity index (χ1v) is 8.43. The highest BCUT2D eigenvalue weighted by molar-refractivity contribution is 7.91. The fourth-order valence-corrected chi connectivity index (χ4v) is 4.44. The molecule has 2 N–H and O–H groups in total. The zero-order valence-corrected chi connectivity index (χ0v) is 12.9. The molecule has 4 nitrogen and oxygen atoms in total. The minimum Gasteiger partial charge on any atom is -0.389 e. The summed E-state index contributed by atoms with van der Waals surface area (Å²) in [5.41, 5.74) is 7.05. The Labute approximate surface area is 123 Å². The topological polar surface area (TPSA) is 63.4 Å². The predicted octanol–water partition coefficient (Wildman–Crippen LogP) is 1.60. The molecule has 0 amide bonds. The zero-order valence-electron chi connectivity index (χ0n) is 10.5. The lowest BCUT2D eigenvalue weighted by Gasteiger charge is -2.26. The van der Waals surface area contributed by atoms with E-state index in [0.717, 1.165) is 5.69 Å². The number of benzene rings is 1. The molecule has 0 saturated carbocycles. The maximum Gasteiger partial charge on any atom is 0.152 e. The molecule has 2 rings (SSSR count). The predicted molar refractivity (Wildman–Crippen MR) is 82.8 cm³/mol. The van der Waals surface area contributed by atoms with Gasteiger partial charge in [-0.05, 0) is 24.6 Å². The van der Waals surface area contributed by atoms with Gasteiger partial charge in [0, 0.05) is 18.7 Å². The van der Waals surface area contributed by atoms with Crippen LogP contribution in [0.5, 0.6) is 0 Å². The Morgan fingerprint density at radius 1 is 1.53 bits per heavy atom. The van der Waals surface area contributed by atoms with Crippen LogP contribution < -0.4 is 10.6 Å². The summed E-state index contributed by atoms with van der Waals surface area (Å²) < 4.78 is 23.0. The van der Waals surface area contributed by atoms with E-state index in [2.05, 4.69) is 0 Å². The molecule has 1 saturated heterocycles. The van der Waals surface area contributed by atoms with Crippen LogP contribution in [-0.4, -0.2) is 38.0 Å². The molecule has 1 fully saturated rings. The SMILES string of the molecule is CN(c1ccc(C(N)=S)cc1Cl)C1CCS(=O)(=O)C1. The summed E-state index contributed by atoms with van der Waals surface area (Å²) in [4.78, 5) is 2.20. The van der Waals surface area contributed by atoms with Gasteiger partial charge in [0.2, 0.25) is 0 Å². The van der Waals surface area contributed by atoms with Crippen LogP contribution in [-0.2, 0) is 9.84 Å². The molecule has 1 aromatic carbocycles. The van der Waals surface area contributed by atoms with Crippen LogP contribution in [0.3, 0.4) is 0 Å². The van der Waals surface area contributed by atoms with Crippen LogP contribution in [0, 0.1) is 0 Å². The van der Waals surface area contributed by atoms with E-state index in [1.807, 2.05) is 18.0 Å². The van der Waals surface area contributed by atoms with Crippen molar-refractivity contribution in [1.29, 1.82) is 0 Å². The maximum absolute atomic E-state index is 11.5. The standard InChI is InChI=1S/C12H15ClN2O2S2/c1-15(9-4-5-19(16,17)7-9)11-3-2-8(12(14)18)6-10(11)13/h2-3,6,9H,4-5,7H2,1H3,(H2,14,18). The van der Waals surface area contributed by atoms with Gasteiger partial charge in [-0.2, -0.15) is 0 Å². The van der Waals surface area contributed by atoms with Crippen molar-refractivity contribution in [2.24, 2.45) is 5.73 Å². The van der Waals surface area contributed by atoms with Crippen LogP contribution >= 0.6 is 23.8 Å². The minimum absolute atomic E-state index is 0.0295. The molecule has 0 aromatic heterocycles.